The molecular formula is C14H19NO3. The number of hydrogen-bond acceptors (Lipinski definition) is 3. The van der Waals surface area contributed by atoms with Crippen LogP contribution in [0.2, 0.25) is 0 Å². The summed E-state index contributed by atoms with van der Waals surface area (Å²) in [6, 6.07) is 1.78. The van der Waals surface area contributed by atoms with Crippen molar-refractivity contribution in [1.29, 1.82) is 0 Å². The number of fused-ring (bicyclic) bond motifs is 1. The molecule has 4 nitrogen and oxygen atoms in total. The summed E-state index contributed by atoms with van der Waals surface area (Å²) in [7, 11) is 1.75. The minimum absolute atomic E-state index is 0.0134. The van der Waals surface area contributed by atoms with Crippen molar-refractivity contribution >= 4 is 5.97 Å². The summed E-state index contributed by atoms with van der Waals surface area (Å²) in [6.45, 7) is 6.03. The second kappa shape index (κ2) is 4.59. The van der Waals surface area contributed by atoms with Crippen LogP contribution in [0.15, 0.2) is 10.9 Å². The first-order valence-electron chi connectivity index (χ1n) is 6.31. The molecule has 1 aromatic rings. The third-order valence-electron chi connectivity index (χ3n) is 3.47. The molecule has 0 saturated heterocycles. The molecule has 1 aromatic heterocycles. The quantitative estimate of drug-likeness (QED) is 0.754. The number of hydrogen-bond donors (Lipinski definition) is 0. The Morgan fingerprint density at radius 2 is 2.11 bits per heavy atom. The molecule has 2 rings (SSSR count). The van der Waals surface area contributed by atoms with E-state index < -0.39 is 0 Å². The lowest BCUT2D eigenvalue weighted by Gasteiger charge is -2.26. The molecule has 18 heavy (non-hydrogen) atoms. The fourth-order valence-electron chi connectivity index (χ4n) is 2.51. The molecule has 0 amide bonds. The fraction of sp³-hybridized carbons (Fsp3) is 0.571. The third-order valence-corrected chi connectivity index (χ3v) is 3.47. The monoisotopic (exact) mass is 249 g/mol. The van der Waals surface area contributed by atoms with Crippen molar-refractivity contribution in [2.24, 2.45) is 13.0 Å². The van der Waals surface area contributed by atoms with Gasteiger partial charge in [0, 0.05) is 24.7 Å². The fourth-order valence-corrected chi connectivity index (χ4v) is 2.51. The molecule has 1 aliphatic rings. The normalized spacial score (nSPS) is 18.7. The Bertz CT molecular complexity index is 543. The van der Waals surface area contributed by atoms with Crippen molar-refractivity contribution in [3.8, 4) is 5.75 Å². The molecule has 0 aliphatic carbocycles. The smallest absolute Gasteiger partial charge is 0.311 e. The number of aromatic nitrogens is 1. The van der Waals surface area contributed by atoms with Crippen molar-refractivity contribution in [1.82, 2.24) is 4.57 Å². The second-order valence-corrected chi connectivity index (χ2v) is 5.43. The van der Waals surface area contributed by atoms with Gasteiger partial charge in [0.15, 0.2) is 0 Å². The second-order valence-electron chi connectivity index (χ2n) is 5.43. The van der Waals surface area contributed by atoms with Gasteiger partial charge in [-0.1, -0.05) is 13.8 Å². The van der Waals surface area contributed by atoms with E-state index in [0.29, 0.717) is 23.7 Å². The summed E-state index contributed by atoms with van der Waals surface area (Å²) in [5, 5.41) is 0. The maximum atomic E-state index is 12.3. The van der Waals surface area contributed by atoms with Crippen LogP contribution in [-0.2, 0) is 11.8 Å². The summed E-state index contributed by atoms with van der Waals surface area (Å²) in [5.74, 6) is 0.651. The van der Waals surface area contributed by atoms with Gasteiger partial charge >= 0.3 is 5.97 Å². The Balaban J connectivity index is 2.56. The molecule has 0 radical (unpaired) electrons. The van der Waals surface area contributed by atoms with E-state index in [1.54, 1.807) is 17.7 Å². The highest BCUT2D eigenvalue weighted by Crippen LogP contribution is 2.35. The first kappa shape index (κ1) is 12.9. The summed E-state index contributed by atoms with van der Waals surface area (Å²) in [6.07, 6.45) is 1.14. The van der Waals surface area contributed by atoms with Crippen LogP contribution < -0.4 is 10.3 Å². The Morgan fingerprint density at radius 3 is 2.72 bits per heavy atom. The summed E-state index contributed by atoms with van der Waals surface area (Å²) in [5.41, 5.74) is 1.43. The van der Waals surface area contributed by atoms with Crippen molar-refractivity contribution in [2.45, 2.75) is 39.5 Å². The van der Waals surface area contributed by atoms with Gasteiger partial charge < -0.3 is 9.30 Å². The van der Waals surface area contributed by atoms with Crippen LogP contribution in [0.25, 0.3) is 0 Å². The SMILES string of the molecule is Cc1cc2c(c(=O)n1C)[C@@H](CC(C)C)CC(=O)O2. The average Bonchev–Trinajstić information content (AvgIpc) is 2.24. The molecule has 0 bridgehead atoms. The van der Waals surface area contributed by atoms with Gasteiger partial charge in [0.25, 0.3) is 5.56 Å². The first-order chi connectivity index (χ1) is 8.40. The van der Waals surface area contributed by atoms with Crippen LogP contribution in [-0.4, -0.2) is 10.5 Å². The molecular weight excluding hydrogens is 230 g/mol. The van der Waals surface area contributed by atoms with Crippen molar-refractivity contribution in [3.05, 3.63) is 27.7 Å². The average molecular weight is 249 g/mol. The van der Waals surface area contributed by atoms with E-state index in [0.717, 1.165) is 12.1 Å². The number of pyridine rings is 1. The molecule has 0 unspecified atom stereocenters. The topological polar surface area (TPSA) is 48.3 Å². The minimum atomic E-state index is -0.235. The zero-order valence-corrected chi connectivity index (χ0v) is 11.3. The lowest BCUT2D eigenvalue weighted by atomic mass is 9.86. The van der Waals surface area contributed by atoms with Gasteiger partial charge in [-0.05, 0) is 19.3 Å². The Hall–Kier alpha value is -1.58. The number of esters is 1. The predicted molar refractivity (Wildman–Crippen MR) is 68.9 cm³/mol. The van der Waals surface area contributed by atoms with E-state index >= 15 is 0 Å². The maximum absolute atomic E-state index is 12.3. The lowest BCUT2D eigenvalue weighted by molar-refractivity contribution is -0.136. The van der Waals surface area contributed by atoms with E-state index in [1.165, 1.54) is 0 Å². The zero-order chi connectivity index (χ0) is 13.4. The van der Waals surface area contributed by atoms with Crippen LogP contribution in [0.1, 0.15) is 43.9 Å². The molecule has 0 N–H and O–H groups in total. The number of ether oxygens (including phenoxy) is 1. The summed E-state index contributed by atoms with van der Waals surface area (Å²) in [4.78, 5) is 23.9. The van der Waals surface area contributed by atoms with Gasteiger partial charge in [0.2, 0.25) is 0 Å². The van der Waals surface area contributed by atoms with E-state index in [1.807, 2.05) is 6.92 Å². The Morgan fingerprint density at radius 1 is 1.44 bits per heavy atom. The number of carbonyl (C=O) groups is 1. The predicted octanol–water partition coefficient (Wildman–Crippen LogP) is 2.13. The number of nitrogens with zero attached hydrogens (tertiary/aromatic N) is 1. The molecule has 1 aliphatic heterocycles. The highest BCUT2D eigenvalue weighted by molar-refractivity contribution is 5.76. The largest absolute Gasteiger partial charge is 0.426 e. The number of aryl methyl sites for hydroxylation is 1. The summed E-state index contributed by atoms with van der Waals surface area (Å²) >= 11 is 0. The van der Waals surface area contributed by atoms with E-state index in [9.17, 15) is 9.59 Å². The third kappa shape index (κ3) is 2.19. The van der Waals surface area contributed by atoms with Crippen LogP contribution >= 0.6 is 0 Å². The number of rotatable bonds is 2. The molecule has 4 heteroatoms. The van der Waals surface area contributed by atoms with Crippen LogP contribution in [0.3, 0.4) is 0 Å². The first-order valence-corrected chi connectivity index (χ1v) is 6.31. The molecule has 0 aromatic carbocycles. The molecule has 0 spiro atoms. The van der Waals surface area contributed by atoms with Crippen molar-refractivity contribution < 1.29 is 9.53 Å². The number of carbonyl (C=O) groups excluding carboxylic acids is 1. The van der Waals surface area contributed by atoms with Crippen molar-refractivity contribution in [2.75, 3.05) is 0 Å². The Labute approximate surface area is 107 Å². The zero-order valence-electron chi connectivity index (χ0n) is 11.3. The Kier molecular flexibility index (Phi) is 3.28. The maximum Gasteiger partial charge on any atom is 0.311 e. The van der Waals surface area contributed by atoms with Gasteiger partial charge in [0.1, 0.15) is 5.75 Å². The van der Waals surface area contributed by atoms with Gasteiger partial charge in [-0.15, -0.1) is 0 Å². The standard InChI is InChI=1S/C14H19NO3/c1-8(2)5-10-7-12(16)18-11-6-9(3)15(4)14(17)13(10)11/h6,8,10H,5,7H2,1-4H3/t10-/m0/s1. The van der Waals surface area contributed by atoms with Gasteiger partial charge in [-0.3, -0.25) is 9.59 Å². The minimum Gasteiger partial charge on any atom is -0.426 e. The van der Waals surface area contributed by atoms with Crippen LogP contribution in [0, 0.1) is 12.8 Å². The van der Waals surface area contributed by atoms with Crippen molar-refractivity contribution in [3.63, 3.8) is 0 Å². The molecule has 1 atom stereocenters. The van der Waals surface area contributed by atoms with E-state index in [-0.39, 0.29) is 17.4 Å². The molecule has 98 valence electrons. The van der Waals surface area contributed by atoms with Gasteiger partial charge in [0.05, 0.1) is 12.0 Å². The van der Waals surface area contributed by atoms with Crippen LogP contribution in [0.5, 0.6) is 5.75 Å². The summed E-state index contributed by atoms with van der Waals surface area (Å²) < 4.78 is 6.82. The van der Waals surface area contributed by atoms with Crippen LogP contribution in [0.4, 0.5) is 0 Å². The highest BCUT2D eigenvalue weighted by Gasteiger charge is 2.31. The van der Waals surface area contributed by atoms with Gasteiger partial charge in [-0.25, -0.2) is 0 Å². The van der Waals surface area contributed by atoms with E-state index in [4.69, 9.17) is 4.74 Å². The lowest BCUT2D eigenvalue weighted by Crippen LogP contribution is -2.32. The molecule has 0 saturated carbocycles. The van der Waals surface area contributed by atoms with E-state index in [2.05, 4.69) is 13.8 Å². The highest BCUT2D eigenvalue weighted by atomic mass is 16.5. The molecule has 2 heterocycles. The van der Waals surface area contributed by atoms with Gasteiger partial charge in [-0.2, -0.15) is 0 Å². The molecule has 0 fully saturated rings.